The fourth-order valence-corrected chi connectivity index (χ4v) is 4.34. The van der Waals surface area contributed by atoms with Crippen molar-refractivity contribution >= 4 is 26.6 Å². The van der Waals surface area contributed by atoms with Crippen molar-refractivity contribution in [3.8, 4) is 22.4 Å². The summed E-state index contributed by atoms with van der Waals surface area (Å²) in [6.45, 7) is 2.30. The number of aryl methyl sites for hydroxylation is 1. The minimum absolute atomic E-state index is 0.0700. The molecule has 0 saturated heterocycles. The Morgan fingerprint density at radius 2 is 1.71 bits per heavy atom. The summed E-state index contributed by atoms with van der Waals surface area (Å²) >= 11 is 0. The quantitative estimate of drug-likeness (QED) is 0.369. The minimum atomic E-state index is -3.90. The van der Waals surface area contributed by atoms with Gasteiger partial charge in [-0.2, -0.15) is 0 Å². The normalized spacial score (nSPS) is 11.5. The van der Waals surface area contributed by atoms with Crippen LogP contribution < -0.4 is 10.5 Å². The zero-order chi connectivity index (χ0) is 24.4. The number of sulfonamides is 1. The van der Waals surface area contributed by atoms with E-state index in [1.165, 1.54) is 12.3 Å². The molecule has 0 spiro atoms. The molecule has 3 heterocycles. The Labute approximate surface area is 203 Å². The van der Waals surface area contributed by atoms with Crippen LogP contribution in [0, 0.1) is 6.92 Å². The van der Waals surface area contributed by atoms with Crippen molar-refractivity contribution in [3.63, 3.8) is 0 Å². The summed E-state index contributed by atoms with van der Waals surface area (Å²) < 4.78 is 23.7. The van der Waals surface area contributed by atoms with Crippen molar-refractivity contribution in [3.05, 3.63) is 96.8 Å². The fourth-order valence-electron chi connectivity index (χ4n) is 3.84. The third-order valence-corrected chi connectivity index (χ3v) is 6.43. The summed E-state index contributed by atoms with van der Waals surface area (Å²) in [6, 6.07) is 19.5. The largest absolute Gasteiger partial charge is 0.364 e. The molecule has 0 saturated carbocycles. The molecular weight excluding hydrogens is 460 g/mol. The van der Waals surface area contributed by atoms with Crippen LogP contribution in [0.25, 0.3) is 33.2 Å². The van der Waals surface area contributed by atoms with E-state index in [1.54, 1.807) is 18.6 Å². The molecule has 3 N–H and O–H groups in total. The van der Waals surface area contributed by atoms with Gasteiger partial charge in [-0.05, 0) is 35.6 Å². The average Bonchev–Trinajstić information content (AvgIpc) is 2.88. The number of aromatic nitrogens is 4. The van der Waals surface area contributed by atoms with Crippen LogP contribution in [-0.4, -0.2) is 28.4 Å². The van der Waals surface area contributed by atoms with E-state index in [0.717, 1.165) is 33.3 Å². The Hall–Kier alpha value is -4.21. The molecule has 0 radical (unpaired) electrons. The second-order valence-corrected chi connectivity index (χ2v) is 9.64. The van der Waals surface area contributed by atoms with Crippen molar-refractivity contribution in [1.82, 2.24) is 19.9 Å². The van der Waals surface area contributed by atoms with Crippen LogP contribution in [0.5, 0.6) is 0 Å². The molecular formula is C26H22N6O2S. The van der Waals surface area contributed by atoms with Crippen LogP contribution in [0.2, 0.25) is 0 Å². The van der Waals surface area contributed by atoms with Crippen LogP contribution in [0.15, 0.2) is 90.3 Å². The highest BCUT2D eigenvalue weighted by Gasteiger charge is 2.15. The molecule has 5 aromatic rings. The van der Waals surface area contributed by atoms with Gasteiger partial charge in [-0.25, -0.2) is 18.5 Å². The molecule has 0 bridgehead atoms. The van der Waals surface area contributed by atoms with Gasteiger partial charge in [-0.3, -0.25) is 15.0 Å². The number of pyridine rings is 2. The van der Waals surface area contributed by atoms with E-state index in [-0.39, 0.29) is 4.90 Å². The first-order valence-corrected chi connectivity index (χ1v) is 12.4. The highest BCUT2D eigenvalue weighted by molar-refractivity contribution is 7.89. The Balaban J connectivity index is 1.67. The topological polar surface area (TPSA) is 124 Å². The lowest BCUT2D eigenvalue weighted by Crippen LogP contribution is -2.12. The number of rotatable bonds is 6. The van der Waals surface area contributed by atoms with Gasteiger partial charge in [0.2, 0.25) is 10.0 Å². The third-order valence-electron chi connectivity index (χ3n) is 5.55. The van der Waals surface area contributed by atoms with E-state index in [9.17, 15) is 8.42 Å². The molecule has 9 heteroatoms. The van der Waals surface area contributed by atoms with Gasteiger partial charge in [-0.15, -0.1) is 0 Å². The summed E-state index contributed by atoms with van der Waals surface area (Å²) in [5.41, 5.74) is 4.80. The summed E-state index contributed by atoms with van der Waals surface area (Å²) in [5, 5.41) is 10.6. The van der Waals surface area contributed by atoms with Gasteiger partial charge in [0.05, 0.1) is 29.8 Å². The maximum atomic E-state index is 11.9. The molecule has 0 fully saturated rings. The number of benzene rings is 2. The molecule has 0 aliphatic carbocycles. The Bertz CT molecular complexity index is 1620. The van der Waals surface area contributed by atoms with E-state index in [4.69, 9.17) is 10.1 Å². The third kappa shape index (κ3) is 4.86. The zero-order valence-corrected chi connectivity index (χ0v) is 19.7. The van der Waals surface area contributed by atoms with E-state index in [2.05, 4.69) is 38.5 Å². The lowest BCUT2D eigenvalue weighted by molar-refractivity contribution is 0.597. The average molecular weight is 483 g/mol. The lowest BCUT2D eigenvalue weighted by atomic mass is 9.97. The number of hydrogen-bond donors (Lipinski definition) is 2. The first kappa shape index (κ1) is 22.6. The van der Waals surface area contributed by atoms with Gasteiger partial charge in [-0.1, -0.05) is 48.5 Å². The van der Waals surface area contributed by atoms with Crippen molar-refractivity contribution in [2.45, 2.75) is 18.4 Å². The van der Waals surface area contributed by atoms with E-state index in [1.807, 2.05) is 43.3 Å². The Morgan fingerprint density at radius 1 is 0.886 bits per heavy atom. The van der Waals surface area contributed by atoms with Crippen LogP contribution >= 0.6 is 0 Å². The van der Waals surface area contributed by atoms with Gasteiger partial charge in [0, 0.05) is 29.5 Å². The van der Waals surface area contributed by atoms with E-state index < -0.39 is 10.0 Å². The predicted octanol–water partition coefficient (Wildman–Crippen LogP) is 4.32. The maximum Gasteiger partial charge on any atom is 0.239 e. The van der Waals surface area contributed by atoms with Crippen LogP contribution in [0.1, 0.15) is 11.4 Å². The molecule has 174 valence electrons. The number of nitrogens with one attached hydrogen (secondary N) is 1. The molecule has 35 heavy (non-hydrogen) atoms. The monoisotopic (exact) mass is 482 g/mol. The Kier molecular flexibility index (Phi) is 5.94. The molecule has 5 rings (SSSR count). The van der Waals surface area contributed by atoms with Gasteiger partial charge < -0.3 is 5.32 Å². The smallest absolute Gasteiger partial charge is 0.239 e. The van der Waals surface area contributed by atoms with Gasteiger partial charge in [0.1, 0.15) is 10.7 Å². The summed E-state index contributed by atoms with van der Waals surface area (Å²) in [6.07, 6.45) is 6.24. The molecule has 3 aromatic heterocycles. The van der Waals surface area contributed by atoms with Crippen molar-refractivity contribution < 1.29 is 8.42 Å². The predicted molar refractivity (Wildman–Crippen MR) is 136 cm³/mol. The van der Waals surface area contributed by atoms with E-state index >= 15 is 0 Å². The standard InChI is InChI=1S/C26H22N6O2S/c1-17-12-30-21(14-29-17)15-31-26-25-19(8-5-9-23(25)18-6-3-2-4-7-18)11-24(32-26)20-10-22(16-28-13-20)35(27,33)34/h2-14,16H,15H2,1H3,(H,31,32)(H2,27,33,34). The number of anilines is 1. The van der Waals surface area contributed by atoms with Gasteiger partial charge >= 0.3 is 0 Å². The molecule has 0 aliphatic rings. The highest BCUT2D eigenvalue weighted by Crippen LogP contribution is 2.36. The molecule has 8 nitrogen and oxygen atoms in total. The van der Waals surface area contributed by atoms with Crippen LogP contribution in [-0.2, 0) is 16.6 Å². The summed E-state index contributed by atoms with van der Waals surface area (Å²) in [4.78, 5) is 17.6. The molecule has 2 aromatic carbocycles. The number of fused-ring (bicyclic) bond motifs is 1. The van der Waals surface area contributed by atoms with Crippen LogP contribution in [0.3, 0.4) is 0 Å². The van der Waals surface area contributed by atoms with Crippen molar-refractivity contribution in [2.75, 3.05) is 5.32 Å². The SMILES string of the molecule is Cc1cnc(CNc2nc(-c3cncc(S(N)(=O)=O)c3)cc3cccc(-c4ccccc4)c23)cn1. The molecule has 0 amide bonds. The van der Waals surface area contributed by atoms with Crippen molar-refractivity contribution in [2.24, 2.45) is 5.14 Å². The lowest BCUT2D eigenvalue weighted by Gasteiger charge is -2.15. The molecule has 0 unspecified atom stereocenters. The maximum absolute atomic E-state index is 11.9. The zero-order valence-electron chi connectivity index (χ0n) is 18.9. The minimum Gasteiger partial charge on any atom is -0.364 e. The van der Waals surface area contributed by atoms with Crippen molar-refractivity contribution in [1.29, 1.82) is 0 Å². The van der Waals surface area contributed by atoms with Gasteiger partial charge in [0.25, 0.3) is 0 Å². The first-order chi connectivity index (χ1) is 16.9. The molecule has 0 atom stereocenters. The summed E-state index contributed by atoms with van der Waals surface area (Å²) in [7, 11) is -3.90. The number of nitrogens with two attached hydrogens (primary N) is 1. The summed E-state index contributed by atoms with van der Waals surface area (Å²) in [5.74, 6) is 0.639. The number of hydrogen-bond acceptors (Lipinski definition) is 7. The fraction of sp³-hybridized carbons (Fsp3) is 0.0769. The number of primary sulfonamides is 1. The second kappa shape index (κ2) is 9.21. The Morgan fingerprint density at radius 3 is 2.46 bits per heavy atom. The first-order valence-electron chi connectivity index (χ1n) is 10.9. The second-order valence-electron chi connectivity index (χ2n) is 8.08. The van der Waals surface area contributed by atoms with E-state index in [0.29, 0.717) is 23.6 Å². The number of nitrogens with zero attached hydrogens (tertiary/aromatic N) is 4. The molecule has 0 aliphatic heterocycles. The van der Waals surface area contributed by atoms with Crippen LogP contribution in [0.4, 0.5) is 5.82 Å². The highest BCUT2D eigenvalue weighted by atomic mass is 32.2. The van der Waals surface area contributed by atoms with Gasteiger partial charge in [0.15, 0.2) is 0 Å².